The average molecular weight is 375 g/mol. The molecule has 1 heterocycles. The number of rotatable bonds is 5. The monoisotopic (exact) mass is 375 g/mol. The van der Waals surface area contributed by atoms with Crippen LogP contribution in [0.4, 0.5) is 5.69 Å². The molecule has 0 spiro atoms. The fourth-order valence-electron chi connectivity index (χ4n) is 3.86. The molecule has 1 atom stereocenters. The van der Waals surface area contributed by atoms with E-state index in [0.717, 1.165) is 53.6 Å². The van der Waals surface area contributed by atoms with Gasteiger partial charge in [-0.15, -0.1) is 0 Å². The topological polar surface area (TPSA) is 46.6 Å². The zero-order valence-corrected chi connectivity index (χ0v) is 16.2. The molecule has 0 radical (unpaired) electrons. The number of hydrogen-bond acceptors (Lipinski definition) is 3. The van der Waals surface area contributed by atoms with Gasteiger partial charge in [0, 0.05) is 22.7 Å². The number of allylic oxidation sites excluding steroid dienone is 1. The number of anilines is 1. The summed E-state index contributed by atoms with van der Waals surface area (Å²) in [6, 6.07) is 15.7. The molecule has 0 N–H and O–H groups in total. The molecule has 2 aromatic rings. The molecule has 1 amide bonds. The minimum Gasteiger partial charge on any atom is -0.462 e. The van der Waals surface area contributed by atoms with Gasteiger partial charge in [0.1, 0.15) is 0 Å². The Hall–Kier alpha value is -2.88. The van der Waals surface area contributed by atoms with Crippen LogP contribution in [0.25, 0.3) is 0 Å². The largest absolute Gasteiger partial charge is 0.462 e. The number of fused-ring (bicyclic) bond motifs is 1. The third-order valence-electron chi connectivity index (χ3n) is 5.61. The van der Waals surface area contributed by atoms with Crippen molar-refractivity contribution in [3.63, 3.8) is 0 Å². The molecule has 0 fully saturated rings. The van der Waals surface area contributed by atoms with Gasteiger partial charge in [-0.3, -0.25) is 4.79 Å². The third-order valence-corrected chi connectivity index (χ3v) is 5.61. The maximum Gasteiger partial charge on any atom is 0.333 e. The van der Waals surface area contributed by atoms with Crippen LogP contribution in [0.1, 0.15) is 60.0 Å². The van der Waals surface area contributed by atoms with E-state index < -0.39 is 0 Å². The summed E-state index contributed by atoms with van der Waals surface area (Å²) >= 11 is 0. The van der Waals surface area contributed by atoms with E-state index in [0.29, 0.717) is 13.2 Å². The normalized spacial score (nSPS) is 17.1. The molecule has 0 saturated heterocycles. The van der Waals surface area contributed by atoms with Gasteiger partial charge < -0.3 is 9.64 Å². The molecule has 0 aromatic heterocycles. The fourth-order valence-corrected chi connectivity index (χ4v) is 3.86. The number of esters is 1. The Balaban J connectivity index is 1.37. The molecular formula is C24H25NO3. The summed E-state index contributed by atoms with van der Waals surface area (Å²) in [5, 5.41) is 0. The molecule has 2 aliphatic rings. The number of nitrogens with zero attached hydrogens (tertiary/aromatic N) is 1. The molecule has 1 unspecified atom stereocenters. The van der Waals surface area contributed by atoms with Gasteiger partial charge in [-0.2, -0.15) is 0 Å². The highest BCUT2D eigenvalue weighted by Gasteiger charge is 2.27. The Kier molecular flexibility index (Phi) is 5.29. The summed E-state index contributed by atoms with van der Waals surface area (Å²) in [6.45, 7) is 3.02. The molecule has 4 heteroatoms. The van der Waals surface area contributed by atoms with Crippen LogP contribution < -0.4 is 4.90 Å². The van der Waals surface area contributed by atoms with Crippen molar-refractivity contribution in [1.82, 2.24) is 0 Å². The van der Waals surface area contributed by atoms with E-state index in [1.165, 1.54) is 0 Å². The highest BCUT2D eigenvalue weighted by molar-refractivity contribution is 6.09. The summed E-state index contributed by atoms with van der Waals surface area (Å²) in [5.41, 5.74) is 4.65. The second-order valence-corrected chi connectivity index (χ2v) is 7.61. The molecule has 1 aliphatic heterocycles. The van der Waals surface area contributed by atoms with Crippen LogP contribution >= 0.6 is 0 Å². The number of amides is 1. The number of benzene rings is 2. The van der Waals surface area contributed by atoms with E-state index >= 15 is 0 Å². The third kappa shape index (κ3) is 3.72. The molecule has 2 aromatic carbocycles. The number of hydrogen-bond donors (Lipinski definition) is 0. The van der Waals surface area contributed by atoms with Crippen LogP contribution in [0.2, 0.25) is 0 Å². The van der Waals surface area contributed by atoms with Crippen molar-refractivity contribution in [2.75, 3.05) is 11.5 Å². The Labute approximate surface area is 165 Å². The quantitative estimate of drug-likeness (QED) is 0.692. The van der Waals surface area contributed by atoms with Crippen molar-refractivity contribution in [2.24, 2.45) is 0 Å². The smallest absolute Gasteiger partial charge is 0.333 e. The average Bonchev–Trinajstić information content (AvgIpc) is 3.09. The predicted octanol–water partition coefficient (Wildman–Crippen LogP) is 4.99. The van der Waals surface area contributed by atoms with Gasteiger partial charge in [-0.1, -0.05) is 43.3 Å². The summed E-state index contributed by atoms with van der Waals surface area (Å²) in [5.74, 6) is -0.0247. The minimum absolute atomic E-state index is 0.0473. The number of ether oxygens (including phenoxy) is 1. The second kappa shape index (κ2) is 8.01. The maximum absolute atomic E-state index is 12.6. The van der Waals surface area contributed by atoms with Crippen molar-refractivity contribution < 1.29 is 14.3 Å². The van der Waals surface area contributed by atoms with Crippen molar-refractivity contribution >= 4 is 17.6 Å². The van der Waals surface area contributed by atoms with Gasteiger partial charge in [0.05, 0.1) is 13.2 Å². The van der Waals surface area contributed by atoms with Gasteiger partial charge in [-0.05, 0) is 55.0 Å². The first-order valence-corrected chi connectivity index (χ1v) is 9.99. The highest BCUT2D eigenvalue weighted by atomic mass is 16.5. The highest BCUT2D eigenvalue weighted by Crippen LogP contribution is 2.29. The summed E-state index contributed by atoms with van der Waals surface area (Å²) < 4.78 is 5.52. The lowest BCUT2D eigenvalue weighted by Gasteiger charge is -2.18. The first-order valence-electron chi connectivity index (χ1n) is 9.99. The van der Waals surface area contributed by atoms with Gasteiger partial charge >= 0.3 is 5.97 Å². The summed E-state index contributed by atoms with van der Waals surface area (Å²) in [6.07, 6.45) is 6.03. The first kappa shape index (κ1) is 18.5. The zero-order valence-electron chi connectivity index (χ0n) is 16.2. The van der Waals surface area contributed by atoms with Crippen LogP contribution in [-0.2, 0) is 16.1 Å². The lowest BCUT2D eigenvalue weighted by molar-refractivity contribution is -0.139. The molecule has 0 saturated carbocycles. The Morgan fingerprint density at radius 2 is 1.89 bits per heavy atom. The van der Waals surface area contributed by atoms with Crippen LogP contribution in [0.3, 0.4) is 0 Å². The van der Waals surface area contributed by atoms with Crippen molar-refractivity contribution in [1.29, 1.82) is 0 Å². The van der Waals surface area contributed by atoms with Crippen molar-refractivity contribution in [2.45, 2.75) is 45.1 Å². The molecule has 4 rings (SSSR count). The Morgan fingerprint density at radius 1 is 1.11 bits per heavy atom. The van der Waals surface area contributed by atoms with E-state index in [-0.39, 0.29) is 17.8 Å². The lowest BCUT2D eigenvalue weighted by atomic mass is 9.99. The van der Waals surface area contributed by atoms with E-state index in [9.17, 15) is 9.59 Å². The second-order valence-electron chi connectivity index (χ2n) is 7.61. The molecular weight excluding hydrogens is 350 g/mol. The standard InChI is InChI=1S/C24H25NO3/c1-17(16-28-24(27)19-7-3-2-4-8-19)18-11-13-21(14-12-18)25-15-20-9-5-6-10-22(20)23(25)26/h5-7,9-14,17H,2-4,8,15-16H2,1H3. The molecule has 4 nitrogen and oxygen atoms in total. The Morgan fingerprint density at radius 3 is 2.61 bits per heavy atom. The molecule has 1 aliphatic carbocycles. The molecule has 28 heavy (non-hydrogen) atoms. The van der Waals surface area contributed by atoms with Crippen LogP contribution in [0, 0.1) is 0 Å². The van der Waals surface area contributed by atoms with Crippen LogP contribution in [-0.4, -0.2) is 18.5 Å². The maximum atomic E-state index is 12.6. The van der Waals surface area contributed by atoms with Gasteiger partial charge in [0.25, 0.3) is 5.91 Å². The van der Waals surface area contributed by atoms with Crippen molar-refractivity contribution in [3.8, 4) is 0 Å². The molecule has 0 bridgehead atoms. The summed E-state index contributed by atoms with van der Waals surface area (Å²) in [7, 11) is 0. The van der Waals surface area contributed by atoms with Crippen LogP contribution in [0.5, 0.6) is 0 Å². The molecule has 144 valence electrons. The van der Waals surface area contributed by atoms with E-state index in [4.69, 9.17) is 4.74 Å². The lowest BCUT2D eigenvalue weighted by Crippen LogP contribution is -2.23. The van der Waals surface area contributed by atoms with E-state index in [1.54, 1.807) is 4.90 Å². The number of carbonyl (C=O) groups is 2. The summed E-state index contributed by atoms with van der Waals surface area (Å²) in [4.78, 5) is 26.6. The predicted molar refractivity (Wildman–Crippen MR) is 109 cm³/mol. The van der Waals surface area contributed by atoms with E-state index in [1.807, 2.05) is 61.5 Å². The van der Waals surface area contributed by atoms with Gasteiger partial charge in [-0.25, -0.2) is 4.79 Å². The van der Waals surface area contributed by atoms with Crippen molar-refractivity contribution in [3.05, 3.63) is 76.9 Å². The zero-order chi connectivity index (χ0) is 19.5. The fraction of sp³-hybridized carbons (Fsp3) is 0.333. The number of carbonyl (C=O) groups excluding carboxylic acids is 2. The van der Waals surface area contributed by atoms with Gasteiger partial charge in [0.2, 0.25) is 0 Å². The van der Waals surface area contributed by atoms with E-state index in [2.05, 4.69) is 0 Å². The van der Waals surface area contributed by atoms with Gasteiger partial charge in [0.15, 0.2) is 0 Å². The SMILES string of the molecule is CC(COC(=O)C1=CCCCC1)c1ccc(N2Cc3ccccc3C2=O)cc1. The minimum atomic E-state index is -0.177. The first-order chi connectivity index (χ1) is 13.6. The van der Waals surface area contributed by atoms with Crippen LogP contribution in [0.15, 0.2) is 60.2 Å². The Bertz CT molecular complexity index is 914.